The number of carbonyl (C=O) groups is 1. The summed E-state index contributed by atoms with van der Waals surface area (Å²) >= 11 is 0. The normalized spacial score (nSPS) is 29.1. The molecule has 0 unspecified atom stereocenters. The first-order chi connectivity index (χ1) is 10.8. The molecule has 1 amide bonds. The second-order valence-corrected chi connectivity index (χ2v) is 7.01. The Labute approximate surface area is 140 Å². The second kappa shape index (κ2) is 8.81. The summed E-state index contributed by atoms with van der Waals surface area (Å²) in [6.45, 7) is 9.96. The van der Waals surface area contributed by atoms with Gasteiger partial charge in [0.15, 0.2) is 0 Å². The summed E-state index contributed by atoms with van der Waals surface area (Å²) < 4.78 is 5.73. The quantitative estimate of drug-likeness (QED) is 0.423. The summed E-state index contributed by atoms with van der Waals surface area (Å²) in [7, 11) is 0. The Morgan fingerprint density at radius 3 is 2.52 bits per heavy atom. The fraction of sp³-hybridized carbons (Fsp3) is 0.833. The average Bonchev–Trinajstić information content (AvgIpc) is 3.22. The van der Waals surface area contributed by atoms with Gasteiger partial charge in [-0.15, -0.1) is 0 Å². The lowest BCUT2D eigenvalue weighted by Crippen LogP contribution is -2.41. The van der Waals surface area contributed by atoms with Crippen molar-refractivity contribution in [2.75, 3.05) is 6.61 Å². The van der Waals surface area contributed by atoms with Crippen LogP contribution in [0.5, 0.6) is 0 Å². The van der Waals surface area contributed by atoms with Crippen molar-refractivity contribution in [1.82, 2.24) is 5.32 Å². The number of hydrogen-bond donors (Lipinski definition) is 3. The molecule has 1 heterocycles. The highest BCUT2D eigenvalue weighted by Crippen LogP contribution is 2.43. The Morgan fingerprint density at radius 2 is 2.00 bits per heavy atom. The monoisotopic (exact) mass is 327 g/mol. The summed E-state index contributed by atoms with van der Waals surface area (Å²) in [5.41, 5.74) is -0.435. The fourth-order valence-electron chi connectivity index (χ4n) is 2.90. The molecule has 0 aromatic heterocycles. The van der Waals surface area contributed by atoms with Gasteiger partial charge in [0.2, 0.25) is 5.91 Å². The molecule has 5 heteroatoms. The van der Waals surface area contributed by atoms with E-state index in [0.717, 1.165) is 12.8 Å². The van der Waals surface area contributed by atoms with Crippen molar-refractivity contribution in [1.29, 1.82) is 0 Å². The molecular weight excluding hydrogens is 294 g/mol. The van der Waals surface area contributed by atoms with E-state index < -0.39 is 5.60 Å². The molecule has 3 N–H and O–H groups in total. The van der Waals surface area contributed by atoms with Crippen molar-refractivity contribution in [3.8, 4) is 0 Å². The highest BCUT2D eigenvalue weighted by molar-refractivity contribution is 5.88. The average molecular weight is 327 g/mol. The molecule has 1 saturated heterocycles. The molecule has 0 aromatic carbocycles. The van der Waals surface area contributed by atoms with Crippen molar-refractivity contribution in [2.24, 2.45) is 11.8 Å². The summed E-state index contributed by atoms with van der Waals surface area (Å²) in [5, 5.41) is 21.9. The number of aliphatic hydroxyl groups excluding tert-OH is 2. The molecule has 5 nitrogen and oxygen atoms in total. The standard InChI is InChI=1S/C18H33NO4/c1-6-12(3)15(11-20)19-16(22)8-9-18(5)17(23-18)13(4)10-14(21)7-2/h8-9,12-15,17,20-21H,6-7,10-11H2,1-5H3,(H,19,22)/b9-8+/t12-,13-,14+,15+,17+,18+/m0/s1. The molecule has 0 bridgehead atoms. The maximum absolute atomic E-state index is 12.0. The van der Waals surface area contributed by atoms with E-state index in [9.17, 15) is 15.0 Å². The zero-order valence-electron chi connectivity index (χ0n) is 15.1. The lowest BCUT2D eigenvalue weighted by Gasteiger charge is -2.21. The Morgan fingerprint density at radius 1 is 1.35 bits per heavy atom. The topological polar surface area (TPSA) is 82.1 Å². The van der Waals surface area contributed by atoms with Crippen LogP contribution in [0, 0.1) is 11.8 Å². The highest BCUT2D eigenvalue weighted by Gasteiger charge is 2.53. The molecule has 0 spiro atoms. The number of aliphatic hydroxyl groups is 2. The van der Waals surface area contributed by atoms with Gasteiger partial charge in [0, 0.05) is 6.08 Å². The first-order valence-electron chi connectivity index (χ1n) is 8.73. The lowest BCUT2D eigenvalue weighted by molar-refractivity contribution is -0.117. The zero-order valence-corrected chi connectivity index (χ0v) is 15.1. The fourth-order valence-corrected chi connectivity index (χ4v) is 2.90. The SMILES string of the molecule is CC[C@@H](O)C[C@H](C)[C@H]1O[C@]1(C)/C=C/C(=O)N[C@H](CO)[C@@H](C)CC. The van der Waals surface area contributed by atoms with E-state index in [2.05, 4.69) is 12.2 Å². The van der Waals surface area contributed by atoms with E-state index in [1.165, 1.54) is 6.08 Å². The van der Waals surface area contributed by atoms with Crippen LogP contribution >= 0.6 is 0 Å². The Kier molecular flexibility index (Phi) is 7.71. The van der Waals surface area contributed by atoms with Gasteiger partial charge in [0.05, 0.1) is 24.9 Å². The van der Waals surface area contributed by atoms with Crippen LogP contribution in [0.1, 0.15) is 53.9 Å². The number of nitrogens with one attached hydrogen (secondary N) is 1. The summed E-state index contributed by atoms with van der Waals surface area (Å²) in [6.07, 6.45) is 5.36. The molecule has 0 saturated carbocycles. The Bertz CT molecular complexity index is 412. The summed E-state index contributed by atoms with van der Waals surface area (Å²) in [4.78, 5) is 12.0. The third-order valence-electron chi connectivity index (χ3n) is 4.94. The molecular formula is C18H33NO4. The van der Waals surface area contributed by atoms with Gasteiger partial charge in [0.25, 0.3) is 0 Å². The first-order valence-corrected chi connectivity index (χ1v) is 8.73. The predicted molar refractivity (Wildman–Crippen MR) is 91.0 cm³/mol. The molecule has 134 valence electrons. The zero-order chi connectivity index (χ0) is 17.6. The number of ether oxygens (including phenoxy) is 1. The van der Waals surface area contributed by atoms with Crippen LogP contribution in [-0.4, -0.2) is 46.6 Å². The van der Waals surface area contributed by atoms with E-state index in [1.807, 2.05) is 27.7 Å². The molecule has 0 aromatic rings. The van der Waals surface area contributed by atoms with Gasteiger partial charge in [0.1, 0.15) is 5.60 Å². The lowest BCUT2D eigenvalue weighted by atomic mass is 9.91. The van der Waals surface area contributed by atoms with Gasteiger partial charge < -0.3 is 20.3 Å². The van der Waals surface area contributed by atoms with Crippen LogP contribution < -0.4 is 5.32 Å². The molecule has 1 aliphatic heterocycles. The molecule has 1 rings (SSSR count). The van der Waals surface area contributed by atoms with Crippen LogP contribution in [0.4, 0.5) is 0 Å². The maximum Gasteiger partial charge on any atom is 0.244 e. The number of carbonyl (C=O) groups excluding carboxylic acids is 1. The van der Waals surface area contributed by atoms with Crippen LogP contribution in [0.3, 0.4) is 0 Å². The third kappa shape index (κ3) is 5.90. The van der Waals surface area contributed by atoms with Gasteiger partial charge in [-0.1, -0.05) is 34.1 Å². The first kappa shape index (κ1) is 20.1. The number of rotatable bonds is 10. The minimum atomic E-state index is -0.435. The van der Waals surface area contributed by atoms with Gasteiger partial charge in [-0.3, -0.25) is 4.79 Å². The predicted octanol–water partition coefficient (Wildman–Crippen LogP) is 2.02. The molecule has 23 heavy (non-hydrogen) atoms. The number of epoxide rings is 1. The van der Waals surface area contributed by atoms with Crippen molar-refractivity contribution < 1.29 is 19.7 Å². The molecule has 0 aliphatic carbocycles. The Hall–Kier alpha value is -0.910. The van der Waals surface area contributed by atoms with Crippen LogP contribution in [0.15, 0.2) is 12.2 Å². The molecule has 1 aliphatic rings. The van der Waals surface area contributed by atoms with Crippen LogP contribution in [0.25, 0.3) is 0 Å². The van der Waals surface area contributed by atoms with Crippen molar-refractivity contribution in [3.05, 3.63) is 12.2 Å². The van der Waals surface area contributed by atoms with E-state index in [4.69, 9.17) is 4.74 Å². The van der Waals surface area contributed by atoms with Crippen LogP contribution in [-0.2, 0) is 9.53 Å². The molecule has 6 atom stereocenters. The largest absolute Gasteiger partial charge is 0.394 e. The molecule has 1 fully saturated rings. The van der Waals surface area contributed by atoms with Crippen molar-refractivity contribution in [2.45, 2.75) is 77.7 Å². The second-order valence-electron chi connectivity index (χ2n) is 7.01. The van der Waals surface area contributed by atoms with Crippen LogP contribution in [0.2, 0.25) is 0 Å². The summed E-state index contributed by atoms with van der Waals surface area (Å²) in [5.74, 6) is 0.266. The maximum atomic E-state index is 12.0. The van der Waals surface area contributed by atoms with Crippen molar-refractivity contribution in [3.63, 3.8) is 0 Å². The van der Waals surface area contributed by atoms with E-state index in [1.54, 1.807) is 6.08 Å². The third-order valence-corrected chi connectivity index (χ3v) is 4.94. The van der Waals surface area contributed by atoms with Gasteiger partial charge in [-0.25, -0.2) is 0 Å². The minimum Gasteiger partial charge on any atom is -0.394 e. The summed E-state index contributed by atoms with van der Waals surface area (Å²) in [6, 6.07) is -0.223. The van der Waals surface area contributed by atoms with E-state index in [-0.39, 0.29) is 42.6 Å². The van der Waals surface area contributed by atoms with Gasteiger partial charge in [-0.2, -0.15) is 0 Å². The smallest absolute Gasteiger partial charge is 0.244 e. The Balaban J connectivity index is 2.49. The van der Waals surface area contributed by atoms with Gasteiger partial charge in [-0.05, 0) is 37.7 Å². The number of hydrogen-bond acceptors (Lipinski definition) is 4. The van der Waals surface area contributed by atoms with Crippen molar-refractivity contribution >= 4 is 5.91 Å². The van der Waals surface area contributed by atoms with E-state index in [0.29, 0.717) is 6.42 Å². The highest BCUT2D eigenvalue weighted by atomic mass is 16.6. The molecule has 0 radical (unpaired) electrons. The minimum absolute atomic E-state index is 0.0379. The van der Waals surface area contributed by atoms with Gasteiger partial charge >= 0.3 is 0 Å². The van der Waals surface area contributed by atoms with E-state index >= 15 is 0 Å². The number of amides is 1.